The molecule has 0 heteroatoms. The molecule has 0 aliphatic heterocycles. The highest BCUT2D eigenvalue weighted by molar-refractivity contribution is 6.05. The molecule has 1 aliphatic carbocycles. The van der Waals surface area contributed by atoms with Gasteiger partial charge in [0.25, 0.3) is 0 Å². The molecule has 10 aromatic carbocycles. The van der Waals surface area contributed by atoms with Gasteiger partial charge >= 0.3 is 0 Å². The predicted molar refractivity (Wildman–Crippen MR) is 228 cm³/mol. The van der Waals surface area contributed by atoms with Gasteiger partial charge < -0.3 is 0 Å². The molecule has 0 fully saturated rings. The first kappa shape index (κ1) is 30.2. The molecule has 0 radical (unpaired) electrons. The van der Waals surface area contributed by atoms with Crippen molar-refractivity contribution in [2.75, 3.05) is 0 Å². The van der Waals surface area contributed by atoms with Gasteiger partial charge in [-0.25, -0.2) is 0 Å². The summed E-state index contributed by atoms with van der Waals surface area (Å²) in [7, 11) is 0. The fourth-order valence-corrected chi connectivity index (χ4v) is 9.20. The van der Waals surface area contributed by atoms with Crippen LogP contribution in [0.1, 0.15) is 25.0 Å². The zero-order valence-corrected chi connectivity index (χ0v) is 29.8. The zero-order chi connectivity index (χ0) is 35.3. The van der Waals surface area contributed by atoms with Crippen molar-refractivity contribution < 1.29 is 0 Å². The summed E-state index contributed by atoms with van der Waals surface area (Å²) in [5.41, 5.74) is 13.0. The Morgan fingerprint density at radius 2 is 0.755 bits per heavy atom. The normalized spacial score (nSPS) is 13.2. The Bertz CT molecular complexity index is 3140. The number of fused-ring (bicyclic) bond motifs is 9. The smallest absolute Gasteiger partial charge is 0.0165 e. The molecule has 0 aromatic heterocycles. The minimum absolute atomic E-state index is 0.0852. The number of hydrogen-bond acceptors (Lipinski definition) is 0. The first-order valence-corrected chi connectivity index (χ1v) is 18.7. The van der Waals surface area contributed by atoms with Crippen molar-refractivity contribution in [3.63, 3.8) is 0 Å². The summed E-state index contributed by atoms with van der Waals surface area (Å²) < 4.78 is 0. The van der Waals surface area contributed by atoms with Crippen molar-refractivity contribution in [3.05, 3.63) is 193 Å². The second-order valence-electron chi connectivity index (χ2n) is 15.4. The SMILES string of the molecule is CC1(C)c2cc3ccccc3cc2-c2ccc3cc(-c4cc(-c5ccc6cc(-c7ccc8ccccc8c7)ccc6c5)c5ccccc5c4)ccc3c21. The quantitative estimate of drug-likeness (QED) is 0.175. The maximum Gasteiger partial charge on any atom is 0.0165 e. The summed E-state index contributed by atoms with van der Waals surface area (Å²) in [5, 5.41) is 12.8. The van der Waals surface area contributed by atoms with Crippen LogP contribution in [0.3, 0.4) is 0 Å². The van der Waals surface area contributed by atoms with Gasteiger partial charge in [0, 0.05) is 5.41 Å². The lowest BCUT2D eigenvalue weighted by Crippen LogP contribution is -2.15. The van der Waals surface area contributed by atoms with Crippen molar-refractivity contribution >= 4 is 53.9 Å². The number of benzene rings is 10. The van der Waals surface area contributed by atoms with E-state index in [1.54, 1.807) is 0 Å². The second-order valence-corrected chi connectivity index (χ2v) is 15.4. The van der Waals surface area contributed by atoms with E-state index in [2.05, 4.69) is 196 Å². The number of rotatable bonds is 3. The molecular weight excluding hydrogens is 637 g/mol. The molecule has 53 heavy (non-hydrogen) atoms. The Morgan fingerprint density at radius 3 is 1.51 bits per heavy atom. The largest absolute Gasteiger partial charge is 0.0616 e. The molecule has 248 valence electrons. The Hall–Kier alpha value is -6.50. The topological polar surface area (TPSA) is 0 Å². The Balaban J connectivity index is 1.00. The standard InChI is InChI=1S/C53H36/c1-53(2)51-32-36-12-6-5-11-35(36)30-50(51)48-24-22-43-28-41(21-23-47(43)52(48)53)45-29-42-13-7-8-14-46(42)49(31-45)44-20-19-39-26-38(17-18-40(39)27-44)37-16-15-33-9-3-4-10-34(33)25-37/h3-32H,1-2H3. The van der Waals surface area contributed by atoms with Crippen LogP contribution < -0.4 is 0 Å². The van der Waals surface area contributed by atoms with Crippen LogP contribution in [0, 0.1) is 0 Å². The highest BCUT2D eigenvalue weighted by atomic mass is 14.4. The molecule has 0 bridgehead atoms. The van der Waals surface area contributed by atoms with Crippen LogP contribution in [0.15, 0.2) is 182 Å². The van der Waals surface area contributed by atoms with Gasteiger partial charge in [0.15, 0.2) is 0 Å². The van der Waals surface area contributed by atoms with E-state index in [1.165, 1.54) is 109 Å². The van der Waals surface area contributed by atoms with Crippen LogP contribution in [0.4, 0.5) is 0 Å². The van der Waals surface area contributed by atoms with Crippen LogP contribution in [-0.4, -0.2) is 0 Å². The van der Waals surface area contributed by atoms with Gasteiger partial charge in [-0.15, -0.1) is 0 Å². The molecule has 0 heterocycles. The summed E-state index contributed by atoms with van der Waals surface area (Å²) in [6.07, 6.45) is 0. The van der Waals surface area contributed by atoms with Crippen LogP contribution in [0.2, 0.25) is 0 Å². The third kappa shape index (κ3) is 4.69. The molecule has 0 N–H and O–H groups in total. The molecule has 0 unspecified atom stereocenters. The van der Waals surface area contributed by atoms with E-state index in [-0.39, 0.29) is 5.41 Å². The third-order valence-corrected chi connectivity index (χ3v) is 11.9. The lowest BCUT2D eigenvalue weighted by Gasteiger charge is -2.23. The van der Waals surface area contributed by atoms with E-state index in [1.807, 2.05) is 0 Å². The van der Waals surface area contributed by atoms with Crippen molar-refractivity contribution in [2.45, 2.75) is 19.3 Å². The summed E-state index contributed by atoms with van der Waals surface area (Å²) in [6, 6.07) is 68.0. The van der Waals surface area contributed by atoms with E-state index in [0.29, 0.717) is 0 Å². The fraction of sp³-hybridized carbons (Fsp3) is 0.0566. The molecule has 0 saturated heterocycles. The lowest BCUT2D eigenvalue weighted by molar-refractivity contribution is 0.667. The maximum atomic E-state index is 2.41. The van der Waals surface area contributed by atoms with Crippen LogP contribution in [-0.2, 0) is 5.41 Å². The molecule has 0 saturated carbocycles. The summed E-state index contributed by atoms with van der Waals surface area (Å²) in [6.45, 7) is 4.78. The van der Waals surface area contributed by atoms with Gasteiger partial charge in [0.1, 0.15) is 0 Å². The second kappa shape index (κ2) is 11.2. The van der Waals surface area contributed by atoms with Gasteiger partial charge in [-0.1, -0.05) is 147 Å². The molecule has 0 nitrogen and oxygen atoms in total. The Labute approximate surface area is 309 Å². The van der Waals surface area contributed by atoms with Crippen molar-refractivity contribution in [2.24, 2.45) is 0 Å². The zero-order valence-electron chi connectivity index (χ0n) is 29.8. The Kier molecular flexibility index (Phi) is 6.40. The van der Waals surface area contributed by atoms with Gasteiger partial charge in [-0.05, 0) is 158 Å². The van der Waals surface area contributed by atoms with Crippen LogP contribution in [0.25, 0.3) is 98.4 Å². The lowest BCUT2D eigenvalue weighted by atomic mass is 9.79. The van der Waals surface area contributed by atoms with Crippen molar-refractivity contribution in [3.8, 4) is 44.5 Å². The van der Waals surface area contributed by atoms with Gasteiger partial charge in [0.05, 0.1) is 0 Å². The molecular formula is C53H36. The van der Waals surface area contributed by atoms with E-state index in [9.17, 15) is 0 Å². The maximum absolute atomic E-state index is 2.41. The van der Waals surface area contributed by atoms with E-state index in [0.717, 1.165) is 0 Å². The monoisotopic (exact) mass is 672 g/mol. The molecule has 0 atom stereocenters. The van der Waals surface area contributed by atoms with E-state index in [4.69, 9.17) is 0 Å². The van der Waals surface area contributed by atoms with Gasteiger partial charge in [-0.3, -0.25) is 0 Å². The summed E-state index contributed by atoms with van der Waals surface area (Å²) in [5.74, 6) is 0. The van der Waals surface area contributed by atoms with Crippen LogP contribution >= 0.6 is 0 Å². The average molecular weight is 673 g/mol. The molecule has 1 aliphatic rings. The summed E-state index contributed by atoms with van der Waals surface area (Å²) in [4.78, 5) is 0. The first-order chi connectivity index (χ1) is 26.0. The predicted octanol–water partition coefficient (Wildman–Crippen LogP) is 14.8. The number of hydrogen-bond donors (Lipinski definition) is 0. The van der Waals surface area contributed by atoms with E-state index >= 15 is 0 Å². The molecule has 0 spiro atoms. The minimum Gasteiger partial charge on any atom is -0.0616 e. The minimum atomic E-state index is -0.0852. The molecule has 0 amide bonds. The highest BCUT2D eigenvalue weighted by Gasteiger charge is 2.37. The van der Waals surface area contributed by atoms with Gasteiger partial charge in [0.2, 0.25) is 0 Å². The third-order valence-electron chi connectivity index (χ3n) is 11.9. The van der Waals surface area contributed by atoms with E-state index < -0.39 is 0 Å². The highest BCUT2D eigenvalue weighted by Crippen LogP contribution is 2.52. The van der Waals surface area contributed by atoms with Crippen molar-refractivity contribution in [1.29, 1.82) is 0 Å². The molecule has 11 rings (SSSR count). The molecule has 10 aromatic rings. The van der Waals surface area contributed by atoms with Gasteiger partial charge in [-0.2, -0.15) is 0 Å². The fourth-order valence-electron chi connectivity index (χ4n) is 9.20. The van der Waals surface area contributed by atoms with Crippen LogP contribution in [0.5, 0.6) is 0 Å². The average Bonchev–Trinajstić information content (AvgIpc) is 3.43. The summed E-state index contributed by atoms with van der Waals surface area (Å²) >= 11 is 0. The first-order valence-electron chi connectivity index (χ1n) is 18.7. The van der Waals surface area contributed by atoms with Crippen molar-refractivity contribution in [1.82, 2.24) is 0 Å². The Morgan fingerprint density at radius 1 is 0.283 bits per heavy atom.